The molecule has 1 heterocycles. The molecule has 2 aromatic carbocycles. The first-order chi connectivity index (χ1) is 14.4. The summed E-state index contributed by atoms with van der Waals surface area (Å²) in [5.74, 6) is 0.825. The summed E-state index contributed by atoms with van der Waals surface area (Å²) in [5, 5.41) is 2.90. The zero-order valence-electron chi connectivity index (χ0n) is 17.0. The summed E-state index contributed by atoms with van der Waals surface area (Å²) in [4.78, 5) is 12.6. The number of benzene rings is 2. The van der Waals surface area contributed by atoms with Crippen LogP contribution in [-0.2, 0) is 16.6 Å². The zero-order chi connectivity index (χ0) is 21.7. The molecule has 9 heteroatoms. The third-order valence-corrected chi connectivity index (χ3v) is 7.44. The average molecular weight is 453 g/mol. The van der Waals surface area contributed by atoms with Crippen molar-refractivity contribution in [3.05, 3.63) is 52.5 Å². The number of sulfonamides is 1. The second-order valence-corrected chi connectivity index (χ2v) is 9.28. The molecule has 7 nitrogen and oxygen atoms in total. The molecule has 2 aromatic rings. The molecule has 1 amide bonds. The fraction of sp³-hybridized carbons (Fsp3) is 0.381. The van der Waals surface area contributed by atoms with E-state index >= 15 is 0 Å². The van der Waals surface area contributed by atoms with E-state index in [1.807, 2.05) is 0 Å². The van der Waals surface area contributed by atoms with Gasteiger partial charge in [0.05, 0.1) is 19.2 Å². The molecule has 1 aliphatic heterocycles. The smallest absolute Gasteiger partial charge is 0.251 e. The molecule has 0 unspecified atom stereocenters. The highest BCUT2D eigenvalue weighted by molar-refractivity contribution is 7.89. The van der Waals surface area contributed by atoms with E-state index in [1.165, 1.54) is 29.6 Å². The van der Waals surface area contributed by atoms with Crippen LogP contribution in [0.3, 0.4) is 0 Å². The minimum absolute atomic E-state index is 0.0410. The fourth-order valence-electron chi connectivity index (χ4n) is 3.36. The molecule has 3 rings (SSSR count). The average Bonchev–Trinajstić information content (AvgIpc) is 2.78. The lowest BCUT2D eigenvalue weighted by Crippen LogP contribution is -2.36. The Balaban J connectivity index is 1.78. The van der Waals surface area contributed by atoms with Crippen molar-refractivity contribution in [2.45, 2.75) is 30.7 Å². The molecule has 30 heavy (non-hydrogen) atoms. The lowest BCUT2D eigenvalue weighted by Gasteiger charge is -2.26. The molecule has 162 valence electrons. The van der Waals surface area contributed by atoms with Gasteiger partial charge in [-0.15, -0.1) is 0 Å². The first-order valence-corrected chi connectivity index (χ1v) is 11.5. The molecule has 1 N–H and O–H groups in total. The Bertz CT molecular complexity index is 1020. The SMILES string of the molecule is COc1ccc(CNC(=O)c2ccc(Cl)c(S(=O)(=O)N3CCCCC3)c2)c(OC)c1. The van der Waals surface area contributed by atoms with E-state index in [9.17, 15) is 13.2 Å². The van der Waals surface area contributed by atoms with Crippen molar-refractivity contribution in [2.75, 3.05) is 27.3 Å². The largest absolute Gasteiger partial charge is 0.497 e. The van der Waals surface area contributed by atoms with Gasteiger partial charge in [0.25, 0.3) is 5.91 Å². The highest BCUT2D eigenvalue weighted by Gasteiger charge is 2.28. The standard InChI is InChI=1S/C21H25ClN2O5S/c1-28-17-8-6-16(19(13-17)29-2)14-23-21(25)15-7-9-18(22)20(12-15)30(26,27)24-10-4-3-5-11-24/h6-9,12-13H,3-5,10-11,14H2,1-2H3,(H,23,25). The maximum absolute atomic E-state index is 13.0. The van der Waals surface area contributed by atoms with Crippen LogP contribution in [-0.4, -0.2) is 45.9 Å². The molecule has 0 aliphatic carbocycles. The molecule has 0 atom stereocenters. The van der Waals surface area contributed by atoms with Crippen LogP contribution in [0.4, 0.5) is 0 Å². The van der Waals surface area contributed by atoms with Crippen molar-refractivity contribution in [1.82, 2.24) is 9.62 Å². The van der Waals surface area contributed by atoms with Crippen LogP contribution in [0.2, 0.25) is 5.02 Å². The van der Waals surface area contributed by atoms with Gasteiger partial charge in [0.2, 0.25) is 10.0 Å². The van der Waals surface area contributed by atoms with E-state index in [-0.39, 0.29) is 22.0 Å². The Morgan fingerprint density at radius 3 is 2.47 bits per heavy atom. The summed E-state index contributed by atoms with van der Waals surface area (Å²) in [6, 6.07) is 9.60. The molecule has 0 spiro atoms. The summed E-state index contributed by atoms with van der Waals surface area (Å²) < 4.78 is 37.9. The molecule has 1 fully saturated rings. The second kappa shape index (κ2) is 9.68. The highest BCUT2D eigenvalue weighted by atomic mass is 35.5. The van der Waals surface area contributed by atoms with Crippen LogP contribution in [0, 0.1) is 0 Å². The lowest BCUT2D eigenvalue weighted by molar-refractivity contribution is 0.0950. The van der Waals surface area contributed by atoms with Crippen molar-refractivity contribution in [1.29, 1.82) is 0 Å². The number of carbonyl (C=O) groups excluding carboxylic acids is 1. The summed E-state index contributed by atoms with van der Waals surface area (Å²) in [6.45, 7) is 1.14. The van der Waals surface area contributed by atoms with E-state index in [1.54, 1.807) is 25.3 Å². The maximum Gasteiger partial charge on any atom is 0.251 e. The topological polar surface area (TPSA) is 84.9 Å². The van der Waals surface area contributed by atoms with Crippen LogP contribution in [0.15, 0.2) is 41.3 Å². The third-order valence-electron chi connectivity index (χ3n) is 5.06. The minimum atomic E-state index is -3.75. The summed E-state index contributed by atoms with van der Waals surface area (Å²) >= 11 is 6.18. The van der Waals surface area contributed by atoms with E-state index in [0.29, 0.717) is 24.6 Å². The second-order valence-electron chi connectivity index (χ2n) is 6.97. The van der Waals surface area contributed by atoms with Crippen LogP contribution < -0.4 is 14.8 Å². The normalized spacial score (nSPS) is 14.9. The minimum Gasteiger partial charge on any atom is -0.497 e. The molecule has 0 saturated carbocycles. The zero-order valence-corrected chi connectivity index (χ0v) is 18.6. The van der Waals surface area contributed by atoms with Gasteiger partial charge in [0.15, 0.2) is 0 Å². The van der Waals surface area contributed by atoms with E-state index < -0.39 is 15.9 Å². The molecule has 1 saturated heterocycles. The van der Waals surface area contributed by atoms with E-state index in [4.69, 9.17) is 21.1 Å². The predicted octanol–water partition coefficient (Wildman–Crippen LogP) is 3.46. The van der Waals surface area contributed by atoms with E-state index in [0.717, 1.165) is 24.8 Å². The number of amides is 1. The number of halogens is 1. The van der Waals surface area contributed by atoms with Gasteiger partial charge in [-0.3, -0.25) is 4.79 Å². The Morgan fingerprint density at radius 2 is 1.80 bits per heavy atom. The molecular formula is C21H25ClN2O5S. The van der Waals surface area contributed by atoms with Crippen LogP contribution in [0.1, 0.15) is 35.2 Å². The fourth-order valence-corrected chi connectivity index (χ4v) is 5.38. The van der Waals surface area contributed by atoms with Gasteiger partial charge >= 0.3 is 0 Å². The lowest BCUT2D eigenvalue weighted by atomic mass is 10.1. The maximum atomic E-state index is 13.0. The van der Waals surface area contributed by atoms with Crippen molar-refractivity contribution in [3.8, 4) is 11.5 Å². The van der Waals surface area contributed by atoms with Crippen molar-refractivity contribution in [3.63, 3.8) is 0 Å². The number of piperidine rings is 1. The predicted molar refractivity (Wildman–Crippen MR) is 115 cm³/mol. The first kappa shape index (κ1) is 22.4. The Morgan fingerprint density at radius 1 is 1.07 bits per heavy atom. The first-order valence-electron chi connectivity index (χ1n) is 9.65. The number of carbonyl (C=O) groups is 1. The Labute approximate surface area is 182 Å². The van der Waals surface area contributed by atoms with Gasteiger partial charge in [-0.2, -0.15) is 4.31 Å². The van der Waals surface area contributed by atoms with Gasteiger partial charge < -0.3 is 14.8 Å². The molecule has 0 bridgehead atoms. The highest BCUT2D eigenvalue weighted by Crippen LogP contribution is 2.28. The van der Waals surface area contributed by atoms with E-state index in [2.05, 4.69) is 5.32 Å². The van der Waals surface area contributed by atoms with Gasteiger partial charge in [-0.05, 0) is 43.2 Å². The number of nitrogens with zero attached hydrogens (tertiary/aromatic N) is 1. The van der Waals surface area contributed by atoms with Gasteiger partial charge in [0.1, 0.15) is 16.4 Å². The summed E-state index contributed by atoms with van der Waals surface area (Å²) in [6.07, 6.45) is 2.65. The third kappa shape index (κ3) is 4.88. The number of rotatable bonds is 7. The number of hydrogen-bond donors (Lipinski definition) is 1. The van der Waals surface area contributed by atoms with Crippen molar-refractivity contribution >= 4 is 27.5 Å². The number of methoxy groups -OCH3 is 2. The van der Waals surface area contributed by atoms with Gasteiger partial charge in [-0.25, -0.2) is 8.42 Å². The van der Waals surface area contributed by atoms with Gasteiger partial charge in [-0.1, -0.05) is 18.0 Å². The molecular weight excluding hydrogens is 428 g/mol. The molecule has 0 radical (unpaired) electrons. The summed E-state index contributed by atoms with van der Waals surface area (Å²) in [5.41, 5.74) is 0.990. The number of ether oxygens (including phenoxy) is 2. The molecule has 1 aliphatic rings. The number of nitrogens with one attached hydrogen (secondary N) is 1. The monoisotopic (exact) mass is 452 g/mol. The van der Waals surface area contributed by atoms with Crippen LogP contribution >= 0.6 is 11.6 Å². The Hall–Kier alpha value is -2.29. The van der Waals surface area contributed by atoms with Crippen LogP contribution in [0.25, 0.3) is 0 Å². The Kier molecular flexibility index (Phi) is 7.23. The van der Waals surface area contributed by atoms with Crippen molar-refractivity contribution in [2.24, 2.45) is 0 Å². The number of hydrogen-bond acceptors (Lipinski definition) is 5. The van der Waals surface area contributed by atoms with Crippen molar-refractivity contribution < 1.29 is 22.7 Å². The molecule has 0 aromatic heterocycles. The van der Waals surface area contributed by atoms with Crippen LogP contribution in [0.5, 0.6) is 11.5 Å². The quantitative estimate of drug-likeness (QED) is 0.695. The van der Waals surface area contributed by atoms with Gasteiger partial charge in [0, 0.05) is 36.8 Å². The summed E-state index contributed by atoms with van der Waals surface area (Å²) in [7, 11) is -0.646.